The number of halogens is 2. The summed E-state index contributed by atoms with van der Waals surface area (Å²) in [5.74, 6) is 0.0869. The van der Waals surface area contributed by atoms with E-state index >= 15 is 0 Å². The number of benzene rings is 1. The van der Waals surface area contributed by atoms with E-state index in [1.165, 1.54) is 31.4 Å². The molecule has 0 atom stereocenters. The van der Waals surface area contributed by atoms with Gasteiger partial charge in [0, 0.05) is 31.6 Å². The minimum atomic E-state index is -0.418. The summed E-state index contributed by atoms with van der Waals surface area (Å²) in [6.45, 7) is 4.43. The molecule has 0 saturated carbocycles. The van der Waals surface area contributed by atoms with Crippen LogP contribution in [0.4, 0.5) is 11.4 Å². The minimum Gasteiger partial charge on any atom is -0.384 e. The van der Waals surface area contributed by atoms with Crippen molar-refractivity contribution in [3.63, 3.8) is 0 Å². The summed E-state index contributed by atoms with van der Waals surface area (Å²) in [6, 6.07) is 8.29. The molecule has 154 valence electrons. The summed E-state index contributed by atoms with van der Waals surface area (Å²) in [6.07, 6.45) is 6.78. The average Bonchev–Trinajstić information content (AvgIpc) is 2.92. The van der Waals surface area contributed by atoms with Crippen LogP contribution in [0, 0.1) is 5.41 Å². The van der Waals surface area contributed by atoms with E-state index in [1.54, 1.807) is 7.11 Å². The Kier molecular flexibility index (Phi) is 10.5. The van der Waals surface area contributed by atoms with Gasteiger partial charge in [0.15, 0.2) is 0 Å². The molecule has 2 N–H and O–H groups in total. The van der Waals surface area contributed by atoms with Crippen LogP contribution in [0.1, 0.15) is 38.5 Å². The van der Waals surface area contributed by atoms with Gasteiger partial charge in [-0.3, -0.25) is 4.79 Å². The van der Waals surface area contributed by atoms with Gasteiger partial charge in [0.25, 0.3) is 0 Å². The normalized spacial score (nSPS) is 19.2. The minimum absolute atomic E-state index is 0. The Balaban J connectivity index is 0.00000182. The lowest BCUT2D eigenvalue weighted by atomic mass is 9.78. The van der Waals surface area contributed by atoms with Gasteiger partial charge in [-0.1, -0.05) is 18.9 Å². The van der Waals surface area contributed by atoms with E-state index in [-0.39, 0.29) is 30.7 Å². The molecule has 5 nitrogen and oxygen atoms in total. The SMILES string of the molecule is COCC1(C(=O)Nc2cccc(N3CCCCCC3)c2)CCNCC1.Cl.Cl. The molecule has 0 aliphatic carbocycles. The number of ether oxygens (including phenoxy) is 1. The summed E-state index contributed by atoms with van der Waals surface area (Å²) >= 11 is 0. The molecule has 1 aromatic carbocycles. The van der Waals surface area contributed by atoms with E-state index in [2.05, 4.69) is 27.7 Å². The molecular weight excluding hydrogens is 385 g/mol. The number of rotatable bonds is 5. The van der Waals surface area contributed by atoms with Gasteiger partial charge in [-0.2, -0.15) is 0 Å². The molecule has 1 aromatic rings. The van der Waals surface area contributed by atoms with Crippen molar-refractivity contribution in [2.45, 2.75) is 38.5 Å². The molecule has 1 amide bonds. The molecule has 0 aromatic heterocycles. The molecule has 2 aliphatic rings. The van der Waals surface area contributed by atoms with Gasteiger partial charge in [-0.05, 0) is 57.0 Å². The van der Waals surface area contributed by atoms with Crippen molar-refractivity contribution in [1.29, 1.82) is 0 Å². The van der Waals surface area contributed by atoms with Crippen LogP contribution >= 0.6 is 24.8 Å². The molecule has 0 radical (unpaired) electrons. The van der Waals surface area contributed by atoms with Crippen LogP contribution in [0.3, 0.4) is 0 Å². The number of piperidine rings is 1. The molecule has 2 fully saturated rings. The Morgan fingerprint density at radius 2 is 1.81 bits per heavy atom. The topological polar surface area (TPSA) is 53.6 Å². The fraction of sp³-hybridized carbons (Fsp3) is 0.650. The van der Waals surface area contributed by atoms with E-state index in [9.17, 15) is 4.79 Å². The number of nitrogens with zero attached hydrogens (tertiary/aromatic N) is 1. The van der Waals surface area contributed by atoms with E-state index < -0.39 is 5.41 Å². The molecule has 0 unspecified atom stereocenters. The maximum atomic E-state index is 13.0. The van der Waals surface area contributed by atoms with E-state index in [1.807, 2.05) is 12.1 Å². The second-order valence-electron chi connectivity index (χ2n) is 7.37. The van der Waals surface area contributed by atoms with E-state index in [0.29, 0.717) is 6.61 Å². The van der Waals surface area contributed by atoms with Crippen LogP contribution < -0.4 is 15.5 Å². The van der Waals surface area contributed by atoms with Crippen molar-refractivity contribution < 1.29 is 9.53 Å². The predicted molar refractivity (Wildman–Crippen MR) is 117 cm³/mol. The van der Waals surface area contributed by atoms with Gasteiger partial charge in [-0.25, -0.2) is 0 Å². The smallest absolute Gasteiger partial charge is 0.233 e. The Morgan fingerprint density at radius 3 is 2.44 bits per heavy atom. The van der Waals surface area contributed by atoms with Crippen LogP contribution in [-0.4, -0.2) is 45.8 Å². The van der Waals surface area contributed by atoms with Crippen LogP contribution in [0.15, 0.2) is 24.3 Å². The van der Waals surface area contributed by atoms with Crippen molar-refractivity contribution in [3.8, 4) is 0 Å². The third-order valence-corrected chi connectivity index (χ3v) is 5.54. The third kappa shape index (κ3) is 6.24. The van der Waals surface area contributed by atoms with Crippen molar-refractivity contribution >= 4 is 42.1 Å². The number of amides is 1. The van der Waals surface area contributed by atoms with E-state index in [4.69, 9.17) is 4.74 Å². The summed E-state index contributed by atoms with van der Waals surface area (Å²) in [5, 5.41) is 6.49. The molecular formula is C20H33Cl2N3O2. The van der Waals surface area contributed by atoms with Crippen LogP contribution in [0.25, 0.3) is 0 Å². The quantitative estimate of drug-likeness (QED) is 0.763. The fourth-order valence-corrected chi connectivity index (χ4v) is 3.99. The zero-order valence-electron chi connectivity index (χ0n) is 16.2. The summed E-state index contributed by atoms with van der Waals surface area (Å²) in [4.78, 5) is 15.4. The Morgan fingerprint density at radius 1 is 1.15 bits per heavy atom. The molecule has 2 aliphatic heterocycles. The van der Waals surface area contributed by atoms with Gasteiger partial charge < -0.3 is 20.3 Å². The number of carbonyl (C=O) groups is 1. The Bertz CT molecular complexity index is 567. The fourth-order valence-electron chi connectivity index (χ4n) is 3.99. The van der Waals surface area contributed by atoms with Crippen molar-refractivity contribution in [2.75, 3.05) is 50.1 Å². The lowest BCUT2D eigenvalue weighted by molar-refractivity contribution is -0.130. The van der Waals surface area contributed by atoms with Crippen molar-refractivity contribution in [1.82, 2.24) is 5.32 Å². The monoisotopic (exact) mass is 417 g/mol. The maximum Gasteiger partial charge on any atom is 0.233 e. The zero-order chi connectivity index (χ0) is 17.5. The molecule has 7 heteroatoms. The number of nitrogens with one attached hydrogen (secondary N) is 2. The molecule has 2 saturated heterocycles. The van der Waals surface area contributed by atoms with Crippen LogP contribution in [0.5, 0.6) is 0 Å². The summed E-state index contributed by atoms with van der Waals surface area (Å²) < 4.78 is 5.38. The number of hydrogen-bond donors (Lipinski definition) is 2. The van der Waals surface area contributed by atoms with Crippen LogP contribution in [0.2, 0.25) is 0 Å². The number of carbonyl (C=O) groups excluding carboxylic acids is 1. The van der Waals surface area contributed by atoms with Gasteiger partial charge in [-0.15, -0.1) is 24.8 Å². The summed E-state index contributed by atoms with van der Waals surface area (Å²) in [5.41, 5.74) is 1.69. The predicted octanol–water partition coefficient (Wildman–Crippen LogP) is 3.87. The second-order valence-corrected chi connectivity index (χ2v) is 7.37. The average molecular weight is 418 g/mol. The van der Waals surface area contributed by atoms with Gasteiger partial charge >= 0.3 is 0 Å². The maximum absolute atomic E-state index is 13.0. The number of methoxy groups -OCH3 is 1. The highest BCUT2D eigenvalue weighted by Crippen LogP contribution is 2.31. The third-order valence-electron chi connectivity index (χ3n) is 5.54. The van der Waals surface area contributed by atoms with Crippen molar-refractivity contribution in [2.24, 2.45) is 5.41 Å². The van der Waals surface area contributed by atoms with Gasteiger partial charge in [0.05, 0.1) is 12.0 Å². The second kappa shape index (κ2) is 11.7. The highest BCUT2D eigenvalue weighted by atomic mass is 35.5. The number of hydrogen-bond acceptors (Lipinski definition) is 4. The molecule has 27 heavy (non-hydrogen) atoms. The molecule has 3 rings (SSSR count). The van der Waals surface area contributed by atoms with Crippen molar-refractivity contribution in [3.05, 3.63) is 24.3 Å². The molecule has 0 bridgehead atoms. The van der Waals surface area contributed by atoms with Crippen LogP contribution in [-0.2, 0) is 9.53 Å². The summed E-state index contributed by atoms with van der Waals surface area (Å²) in [7, 11) is 1.68. The molecule has 0 spiro atoms. The largest absolute Gasteiger partial charge is 0.384 e. The first kappa shape index (κ1) is 24.0. The number of anilines is 2. The Labute approximate surface area is 175 Å². The molecule has 2 heterocycles. The van der Waals surface area contributed by atoms with E-state index in [0.717, 1.165) is 44.7 Å². The lowest BCUT2D eigenvalue weighted by Crippen LogP contribution is -2.47. The van der Waals surface area contributed by atoms with Gasteiger partial charge in [0.1, 0.15) is 0 Å². The first-order valence-electron chi connectivity index (χ1n) is 9.60. The standard InChI is InChI=1S/C20H31N3O2.2ClH/c1-25-16-20(9-11-21-12-10-20)19(24)22-17-7-6-8-18(15-17)23-13-4-2-3-5-14-23;;/h6-8,15,21H,2-5,9-14,16H2,1H3,(H,22,24);2*1H. The lowest BCUT2D eigenvalue weighted by Gasteiger charge is -2.35. The Hall–Kier alpha value is -1.01. The first-order valence-corrected chi connectivity index (χ1v) is 9.60. The first-order chi connectivity index (χ1) is 12.2. The zero-order valence-corrected chi connectivity index (χ0v) is 17.8. The highest BCUT2D eigenvalue weighted by Gasteiger charge is 2.39. The van der Waals surface area contributed by atoms with Gasteiger partial charge in [0.2, 0.25) is 5.91 Å². The highest BCUT2D eigenvalue weighted by molar-refractivity contribution is 5.96.